The van der Waals surface area contributed by atoms with E-state index in [0.29, 0.717) is 12.1 Å². The fourth-order valence-corrected chi connectivity index (χ4v) is 2.57. The predicted molar refractivity (Wildman–Crippen MR) is 80.7 cm³/mol. The number of aliphatic hydroxyl groups is 2. The van der Waals surface area contributed by atoms with E-state index in [9.17, 15) is 10.2 Å². The van der Waals surface area contributed by atoms with Crippen molar-refractivity contribution in [2.24, 2.45) is 0 Å². The maximum atomic E-state index is 9.84. The van der Waals surface area contributed by atoms with Crippen LogP contribution in [0.4, 0.5) is 5.69 Å². The second-order valence-electron chi connectivity index (χ2n) is 5.60. The maximum absolute atomic E-state index is 9.84. The monoisotopic (exact) mass is 277 g/mol. The molecule has 0 aliphatic rings. The lowest BCUT2D eigenvalue weighted by Crippen LogP contribution is -2.41. The van der Waals surface area contributed by atoms with Gasteiger partial charge in [-0.05, 0) is 24.6 Å². The normalized spacial score (nSPS) is 12.5. The van der Waals surface area contributed by atoms with E-state index in [-0.39, 0.29) is 19.1 Å². The van der Waals surface area contributed by atoms with Crippen molar-refractivity contribution in [3.63, 3.8) is 0 Å². The van der Waals surface area contributed by atoms with Crippen molar-refractivity contribution in [2.45, 2.75) is 38.6 Å². The molecule has 2 rings (SSSR count). The number of rotatable bonds is 5. The summed E-state index contributed by atoms with van der Waals surface area (Å²) in [5.74, 6) is 1.04. The van der Waals surface area contributed by atoms with Crippen molar-refractivity contribution in [3.8, 4) is 0 Å². The Labute approximate surface area is 119 Å². The van der Waals surface area contributed by atoms with Gasteiger partial charge in [0.15, 0.2) is 0 Å². The first kappa shape index (κ1) is 14.8. The molecular weight excluding hydrogens is 254 g/mol. The zero-order valence-electron chi connectivity index (χ0n) is 12.3. The number of nitrogens with two attached hydrogens (primary N) is 1. The van der Waals surface area contributed by atoms with Crippen LogP contribution < -0.4 is 5.73 Å². The summed E-state index contributed by atoms with van der Waals surface area (Å²) in [5, 5.41) is 19.7. The average Bonchev–Trinajstić information content (AvgIpc) is 2.81. The van der Waals surface area contributed by atoms with Gasteiger partial charge in [0.1, 0.15) is 5.82 Å². The molecular formula is C15H23N3O2. The number of nitrogens with zero attached hydrogens (tertiary/aromatic N) is 2. The van der Waals surface area contributed by atoms with Gasteiger partial charge >= 0.3 is 0 Å². The van der Waals surface area contributed by atoms with E-state index in [1.54, 1.807) is 0 Å². The topological polar surface area (TPSA) is 84.3 Å². The Morgan fingerprint density at radius 3 is 2.45 bits per heavy atom. The van der Waals surface area contributed by atoms with Gasteiger partial charge < -0.3 is 20.5 Å². The van der Waals surface area contributed by atoms with Crippen LogP contribution in [0.15, 0.2) is 18.2 Å². The van der Waals surface area contributed by atoms with Gasteiger partial charge in [0.2, 0.25) is 0 Å². The third kappa shape index (κ3) is 2.17. The Balaban J connectivity index is 2.80. The summed E-state index contributed by atoms with van der Waals surface area (Å²) in [4.78, 5) is 4.64. The molecule has 0 saturated carbocycles. The number of aromatic nitrogens is 2. The minimum absolute atomic E-state index is 0.129. The highest BCUT2D eigenvalue weighted by Gasteiger charge is 2.33. The molecule has 0 aliphatic heterocycles. The second-order valence-corrected chi connectivity index (χ2v) is 5.60. The largest absolute Gasteiger partial charge is 0.399 e. The van der Waals surface area contributed by atoms with Crippen LogP contribution in [-0.4, -0.2) is 33.0 Å². The molecule has 5 nitrogen and oxygen atoms in total. The van der Waals surface area contributed by atoms with Gasteiger partial charge in [0, 0.05) is 11.6 Å². The number of anilines is 1. The summed E-state index contributed by atoms with van der Waals surface area (Å²) in [7, 11) is 0. The van der Waals surface area contributed by atoms with Crippen LogP contribution in [0.2, 0.25) is 0 Å². The van der Waals surface area contributed by atoms with E-state index < -0.39 is 5.54 Å². The highest BCUT2D eigenvalue weighted by molar-refractivity contribution is 5.80. The SMILES string of the molecule is CCC(CO)(CO)n1c(C(C)C)nc2cc(N)ccc21. The fourth-order valence-electron chi connectivity index (χ4n) is 2.57. The predicted octanol–water partition coefficient (Wildman–Crippen LogP) is 1.83. The summed E-state index contributed by atoms with van der Waals surface area (Å²) in [6.45, 7) is 5.80. The number of hydrogen-bond acceptors (Lipinski definition) is 4. The molecule has 0 bridgehead atoms. The smallest absolute Gasteiger partial charge is 0.113 e. The Kier molecular flexibility index (Phi) is 4.01. The summed E-state index contributed by atoms with van der Waals surface area (Å²) >= 11 is 0. The third-order valence-corrected chi connectivity index (χ3v) is 3.94. The quantitative estimate of drug-likeness (QED) is 0.728. The molecule has 4 N–H and O–H groups in total. The summed E-state index contributed by atoms with van der Waals surface area (Å²) in [5.41, 5.74) is 7.44. The third-order valence-electron chi connectivity index (χ3n) is 3.94. The molecule has 1 aromatic heterocycles. The molecule has 1 aromatic carbocycles. The van der Waals surface area contributed by atoms with Crippen LogP contribution in [0.3, 0.4) is 0 Å². The van der Waals surface area contributed by atoms with Gasteiger partial charge in [0.05, 0.1) is 29.8 Å². The molecule has 1 heterocycles. The number of aliphatic hydroxyl groups excluding tert-OH is 2. The minimum atomic E-state index is -0.732. The lowest BCUT2D eigenvalue weighted by atomic mass is 9.96. The van der Waals surface area contributed by atoms with Gasteiger partial charge in [-0.1, -0.05) is 20.8 Å². The van der Waals surface area contributed by atoms with Crippen LogP contribution >= 0.6 is 0 Å². The molecule has 0 spiro atoms. The van der Waals surface area contributed by atoms with Gasteiger partial charge in [-0.2, -0.15) is 0 Å². The molecule has 20 heavy (non-hydrogen) atoms. The van der Waals surface area contributed by atoms with E-state index in [0.717, 1.165) is 16.9 Å². The van der Waals surface area contributed by atoms with Crippen molar-refractivity contribution < 1.29 is 10.2 Å². The van der Waals surface area contributed by atoms with Crippen LogP contribution in [0, 0.1) is 0 Å². The molecule has 0 fully saturated rings. The molecule has 0 saturated heterocycles. The second kappa shape index (κ2) is 5.42. The zero-order valence-corrected chi connectivity index (χ0v) is 12.3. The number of nitrogen functional groups attached to an aromatic ring is 1. The number of imidazole rings is 1. The van der Waals surface area contributed by atoms with E-state index >= 15 is 0 Å². The summed E-state index contributed by atoms with van der Waals surface area (Å²) < 4.78 is 1.98. The molecule has 0 aliphatic carbocycles. The van der Waals surface area contributed by atoms with Crippen molar-refractivity contribution in [2.75, 3.05) is 18.9 Å². The highest BCUT2D eigenvalue weighted by Crippen LogP contribution is 2.32. The highest BCUT2D eigenvalue weighted by atomic mass is 16.3. The molecule has 2 aromatic rings. The van der Waals surface area contributed by atoms with Crippen molar-refractivity contribution >= 4 is 16.7 Å². The van der Waals surface area contributed by atoms with Crippen molar-refractivity contribution in [1.82, 2.24) is 9.55 Å². The zero-order chi connectivity index (χ0) is 14.9. The van der Waals surface area contributed by atoms with Crippen LogP contribution in [0.1, 0.15) is 38.9 Å². The maximum Gasteiger partial charge on any atom is 0.113 e. The molecule has 110 valence electrons. The molecule has 0 atom stereocenters. The van der Waals surface area contributed by atoms with E-state index in [4.69, 9.17) is 5.73 Å². The lowest BCUT2D eigenvalue weighted by Gasteiger charge is -2.33. The van der Waals surface area contributed by atoms with Gasteiger partial charge in [-0.15, -0.1) is 0 Å². The van der Waals surface area contributed by atoms with Crippen molar-refractivity contribution in [3.05, 3.63) is 24.0 Å². The number of hydrogen-bond donors (Lipinski definition) is 3. The summed E-state index contributed by atoms with van der Waals surface area (Å²) in [6, 6.07) is 5.55. The molecule has 0 amide bonds. The Morgan fingerprint density at radius 2 is 1.95 bits per heavy atom. The first-order valence-corrected chi connectivity index (χ1v) is 6.99. The van der Waals surface area contributed by atoms with E-state index in [1.807, 2.05) is 29.7 Å². The number of benzene rings is 1. The van der Waals surface area contributed by atoms with Crippen molar-refractivity contribution in [1.29, 1.82) is 0 Å². The first-order valence-electron chi connectivity index (χ1n) is 6.99. The van der Waals surface area contributed by atoms with Crippen LogP contribution in [0.5, 0.6) is 0 Å². The Morgan fingerprint density at radius 1 is 1.30 bits per heavy atom. The van der Waals surface area contributed by atoms with Gasteiger partial charge in [-0.25, -0.2) is 4.98 Å². The van der Waals surface area contributed by atoms with Crippen LogP contribution in [0.25, 0.3) is 11.0 Å². The lowest BCUT2D eigenvalue weighted by molar-refractivity contribution is 0.0601. The van der Waals surface area contributed by atoms with Crippen LogP contribution in [-0.2, 0) is 5.54 Å². The van der Waals surface area contributed by atoms with Gasteiger partial charge in [-0.3, -0.25) is 0 Å². The molecule has 0 unspecified atom stereocenters. The van der Waals surface area contributed by atoms with Gasteiger partial charge in [0.25, 0.3) is 0 Å². The Bertz CT molecular complexity index is 592. The molecule has 0 radical (unpaired) electrons. The van der Waals surface area contributed by atoms with E-state index in [1.165, 1.54) is 0 Å². The first-order chi connectivity index (χ1) is 9.49. The summed E-state index contributed by atoms with van der Waals surface area (Å²) in [6.07, 6.45) is 0.621. The average molecular weight is 277 g/mol. The Hall–Kier alpha value is -1.59. The van der Waals surface area contributed by atoms with E-state index in [2.05, 4.69) is 18.8 Å². The number of fused-ring (bicyclic) bond motifs is 1. The molecule has 5 heteroatoms. The minimum Gasteiger partial charge on any atom is -0.399 e. The fraction of sp³-hybridized carbons (Fsp3) is 0.533. The standard InChI is InChI=1S/C15H23N3O2/c1-4-15(8-19,9-20)18-13-6-5-11(16)7-12(13)17-14(18)10(2)3/h5-7,10,19-20H,4,8-9,16H2,1-3H3.